The van der Waals surface area contributed by atoms with Crippen LogP contribution in [0.3, 0.4) is 0 Å². The van der Waals surface area contributed by atoms with Gasteiger partial charge in [-0.3, -0.25) is 0 Å². The topological polar surface area (TPSA) is 37.3 Å². The van der Waals surface area contributed by atoms with Crippen molar-refractivity contribution in [1.29, 1.82) is 0 Å². The van der Waals surface area contributed by atoms with E-state index < -0.39 is 11.1 Å². The maximum atomic E-state index is 10.4. The molecule has 0 aromatic heterocycles. The zero-order valence-corrected chi connectivity index (χ0v) is 6.52. The van der Waals surface area contributed by atoms with Crippen molar-refractivity contribution in [3.63, 3.8) is 0 Å². The van der Waals surface area contributed by atoms with E-state index in [4.69, 9.17) is 4.55 Å². The van der Waals surface area contributed by atoms with E-state index in [-0.39, 0.29) is 5.25 Å². The first-order valence-corrected chi connectivity index (χ1v) is 4.11. The van der Waals surface area contributed by atoms with Crippen molar-refractivity contribution in [2.75, 3.05) is 0 Å². The Bertz CT molecular complexity index is 120. The van der Waals surface area contributed by atoms with Gasteiger partial charge in [0.25, 0.3) is 0 Å². The Balaban J connectivity index is 3.83. The summed E-state index contributed by atoms with van der Waals surface area (Å²) in [5.41, 5.74) is 0. The number of allylic oxidation sites excluding steroid dienone is 1. The van der Waals surface area contributed by atoms with E-state index in [9.17, 15) is 4.21 Å². The molecule has 2 nitrogen and oxygen atoms in total. The van der Waals surface area contributed by atoms with Gasteiger partial charge < -0.3 is 4.55 Å². The first kappa shape index (κ1) is 8.85. The van der Waals surface area contributed by atoms with Gasteiger partial charge in [0.1, 0.15) is 0 Å². The lowest BCUT2D eigenvalue weighted by Gasteiger charge is -2.01. The average molecular weight is 148 g/mol. The highest BCUT2D eigenvalue weighted by molar-refractivity contribution is 7.80. The van der Waals surface area contributed by atoms with Crippen molar-refractivity contribution in [1.82, 2.24) is 0 Å². The van der Waals surface area contributed by atoms with Crippen LogP contribution in [-0.2, 0) is 11.1 Å². The molecule has 0 aliphatic heterocycles. The van der Waals surface area contributed by atoms with Crippen molar-refractivity contribution in [3.05, 3.63) is 12.2 Å². The fourth-order valence-corrected chi connectivity index (χ4v) is 1.14. The molecule has 0 saturated carbocycles. The van der Waals surface area contributed by atoms with Crippen LogP contribution in [0.15, 0.2) is 12.2 Å². The van der Waals surface area contributed by atoms with Crippen LogP contribution in [0.5, 0.6) is 0 Å². The van der Waals surface area contributed by atoms with Gasteiger partial charge in [0, 0.05) is 0 Å². The maximum absolute atomic E-state index is 10.4. The Morgan fingerprint density at radius 1 is 1.78 bits per heavy atom. The first-order chi connectivity index (χ1) is 4.22. The van der Waals surface area contributed by atoms with E-state index in [1.807, 2.05) is 13.8 Å². The van der Waals surface area contributed by atoms with Gasteiger partial charge in [0.15, 0.2) is 11.1 Å². The first-order valence-electron chi connectivity index (χ1n) is 2.94. The molecule has 0 aliphatic rings. The fraction of sp³-hybridized carbons (Fsp3) is 0.667. The highest BCUT2D eigenvalue weighted by Gasteiger charge is 2.05. The molecular formula is C6H12O2S. The lowest BCUT2D eigenvalue weighted by atomic mass is 10.3. The minimum Gasteiger partial charge on any atom is -0.306 e. The Hall–Kier alpha value is -0.150. The molecule has 54 valence electrons. The molecule has 0 heterocycles. The zero-order valence-electron chi connectivity index (χ0n) is 5.70. The Labute approximate surface area is 58.3 Å². The largest absolute Gasteiger partial charge is 0.306 e. The molecule has 0 saturated heterocycles. The summed E-state index contributed by atoms with van der Waals surface area (Å²) in [7, 11) is 0. The molecule has 0 aromatic carbocycles. The predicted molar refractivity (Wildman–Crippen MR) is 39.7 cm³/mol. The van der Waals surface area contributed by atoms with Crippen molar-refractivity contribution in [2.24, 2.45) is 0 Å². The third-order valence-corrected chi connectivity index (χ3v) is 2.08. The van der Waals surface area contributed by atoms with E-state index in [0.29, 0.717) is 6.42 Å². The van der Waals surface area contributed by atoms with E-state index in [1.165, 1.54) is 0 Å². The summed E-state index contributed by atoms with van der Waals surface area (Å²) in [4.78, 5) is 0. The Morgan fingerprint density at radius 3 is 2.44 bits per heavy atom. The van der Waals surface area contributed by atoms with Gasteiger partial charge >= 0.3 is 0 Å². The maximum Gasteiger partial charge on any atom is 0.159 e. The standard InChI is InChI=1S/C6H12O2S/c1-3-5-6(4-2)9(7)8/h3,5-6H,4H2,1-2H3,(H,7,8). The number of hydrogen-bond acceptors (Lipinski definition) is 1. The quantitative estimate of drug-likeness (QED) is 0.487. The van der Waals surface area contributed by atoms with Gasteiger partial charge in [-0.25, -0.2) is 4.21 Å². The fourth-order valence-electron chi connectivity index (χ4n) is 0.561. The van der Waals surface area contributed by atoms with Gasteiger partial charge in [-0.05, 0) is 13.3 Å². The second-order valence-electron chi connectivity index (χ2n) is 1.75. The van der Waals surface area contributed by atoms with Crippen molar-refractivity contribution < 1.29 is 8.76 Å². The smallest absolute Gasteiger partial charge is 0.159 e. The molecule has 3 heteroatoms. The van der Waals surface area contributed by atoms with Crippen molar-refractivity contribution >= 4 is 11.1 Å². The third kappa shape index (κ3) is 3.43. The molecule has 2 unspecified atom stereocenters. The summed E-state index contributed by atoms with van der Waals surface area (Å²) in [5.74, 6) is 0. The summed E-state index contributed by atoms with van der Waals surface area (Å²) in [6.45, 7) is 3.73. The van der Waals surface area contributed by atoms with Crippen LogP contribution in [0, 0.1) is 0 Å². The minimum atomic E-state index is -1.69. The zero-order chi connectivity index (χ0) is 7.28. The van der Waals surface area contributed by atoms with Crippen molar-refractivity contribution in [3.8, 4) is 0 Å². The molecule has 0 radical (unpaired) electrons. The van der Waals surface area contributed by atoms with Gasteiger partial charge in [0.2, 0.25) is 0 Å². The molecule has 0 fully saturated rings. The second kappa shape index (κ2) is 4.70. The monoisotopic (exact) mass is 148 g/mol. The summed E-state index contributed by atoms with van der Waals surface area (Å²) >= 11 is -1.69. The summed E-state index contributed by atoms with van der Waals surface area (Å²) in [6.07, 6.45) is 4.26. The molecular weight excluding hydrogens is 136 g/mol. The van der Waals surface area contributed by atoms with Crippen LogP contribution in [0.2, 0.25) is 0 Å². The highest BCUT2D eigenvalue weighted by atomic mass is 32.2. The molecule has 0 rings (SSSR count). The van der Waals surface area contributed by atoms with E-state index in [1.54, 1.807) is 12.2 Å². The Morgan fingerprint density at radius 2 is 2.33 bits per heavy atom. The van der Waals surface area contributed by atoms with Crippen LogP contribution < -0.4 is 0 Å². The SMILES string of the molecule is CC=CC(CC)S(=O)O. The molecule has 0 bridgehead atoms. The van der Waals surface area contributed by atoms with Crippen LogP contribution in [0.1, 0.15) is 20.3 Å². The van der Waals surface area contributed by atoms with Crippen molar-refractivity contribution in [2.45, 2.75) is 25.5 Å². The van der Waals surface area contributed by atoms with Crippen LogP contribution in [0.4, 0.5) is 0 Å². The molecule has 0 aliphatic carbocycles. The Kier molecular flexibility index (Phi) is 4.62. The van der Waals surface area contributed by atoms with Gasteiger partial charge in [-0.1, -0.05) is 19.1 Å². The second-order valence-corrected chi connectivity index (χ2v) is 2.91. The summed E-state index contributed by atoms with van der Waals surface area (Å²) in [6, 6.07) is 0. The summed E-state index contributed by atoms with van der Waals surface area (Å²) < 4.78 is 18.9. The molecule has 2 atom stereocenters. The third-order valence-electron chi connectivity index (χ3n) is 1.07. The van der Waals surface area contributed by atoms with E-state index in [2.05, 4.69) is 0 Å². The summed E-state index contributed by atoms with van der Waals surface area (Å²) in [5, 5.41) is -0.185. The minimum absolute atomic E-state index is 0.185. The molecule has 0 aromatic rings. The molecule has 0 spiro atoms. The van der Waals surface area contributed by atoms with E-state index in [0.717, 1.165) is 0 Å². The lowest BCUT2D eigenvalue weighted by Crippen LogP contribution is -2.08. The average Bonchev–Trinajstić information content (AvgIpc) is 1.82. The highest BCUT2D eigenvalue weighted by Crippen LogP contribution is 2.00. The number of rotatable bonds is 3. The van der Waals surface area contributed by atoms with Crippen LogP contribution >= 0.6 is 0 Å². The lowest BCUT2D eigenvalue weighted by molar-refractivity contribution is 0.554. The van der Waals surface area contributed by atoms with Crippen LogP contribution in [0.25, 0.3) is 0 Å². The van der Waals surface area contributed by atoms with Gasteiger partial charge in [0.05, 0.1) is 5.25 Å². The van der Waals surface area contributed by atoms with Gasteiger partial charge in [-0.2, -0.15) is 0 Å². The molecule has 1 N–H and O–H groups in total. The van der Waals surface area contributed by atoms with Gasteiger partial charge in [-0.15, -0.1) is 0 Å². The normalized spacial score (nSPS) is 18.1. The van der Waals surface area contributed by atoms with Crippen LogP contribution in [-0.4, -0.2) is 14.0 Å². The molecule has 0 amide bonds. The van der Waals surface area contributed by atoms with E-state index >= 15 is 0 Å². The predicted octanol–water partition coefficient (Wildman–Crippen LogP) is 1.56. The molecule has 9 heavy (non-hydrogen) atoms. The number of hydrogen-bond donors (Lipinski definition) is 1.